The van der Waals surface area contributed by atoms with Crippen molar-refractivity contribution in [2.45, 2.75) is 24.8 Å². The molecule has 0 unspecified atom stereocenters. The number of ether oxygens (including phenoxy) is 1. The number of fused-ring (bicyclic) bond motifs is 1. The maximum absolute atomic E-state index is 13.1. The highest BCUT2D eigenvalue weighted by atomic mass is 32.2. The maximum atomic E-state index is 13.1. The average molecular weight is 496 g/mol. The molecule has 3 aromatic rings. The summed E-state index contributed by atoms with van der Waals surface area (Å²) in [7, 11) is -2.47. The minimum Gasteiger partial charge on any atom is -0.466 e. The van der Waals surface area contributed by atoms with E-state index < -0.39 is 22.0 Å². The highest BCUT2D eigenvalue weighted by molar-refractivity contribution is 7.93. The Hall–Kier alpha value is -3.43. The molecule has 1 aliphatic heterocycles. The number of carbonyl (C=O) groups excluding carboxylic acids is 1. The molecule has 1 heterocycles. The van der Waals surface area contributed by atoms with Crippen LogP contribution in [0.15, 0.2) is 82.9 Å². The van der Waals surface area contributed by atoms with Gasteiger partial charge in [-0.15, -0.1) is 0 Å². The third-order valence-electron chi connectivity index (χ3n) is 5.85. The molecule has 0 bridgehead atoms. The summed E-state index contributed by atoms with van der Waals surface area (Å²) in [6, 6.07) is 18.9. The van der Waals surface area contributed by atoms with Crippen LogP contribution in [0, 0.1) is 0 Å². The molecule has 7 nitrogen and oxygen atoms in total. The van der Waals surface area contributed by atoms with E-state index in [9.17, 15) is 13.2 Å². The molecular weight excluding hydrogens is 470 g/mol. The van der Waals surface area contributed by atoms with Crippen molar-refractivity contribution in [2.24, 2.45) is 0 Å². The zero-order chi connectivity index (χ0) is 24.5. The van der Waals surface area contributed by atoms with E-state index in [0.29, 0.717) is 28.3 Å². The molecule has 0 radical (unpaired) electrons. The highest BCUT2D eigenvalue weighted by Crippen LogP contribution is 2.32. The van der Waals surface area contributed by atoms with Gasteiger partial charge in [-0.1, -0.05) is 48.5 Å². The fourth-order valence-electron chi connectivity index (χ4n) is 4.17. The first-order valence-corrected chi connectivity index (χ1v) is 12.6. The van der Waals surface area contributed by atoms with Gasteiger partial charge in [0.15, 0.2) is 5.11 Å². The first-order valence-electron chi connectivity index (χ1n) is 10.7. The Labute approximate surface area is 204 Å². The number of nitrogens with zero attached hydrogens (tertiary/aromatic N) is 1. The van der Waals surface area contributed by atoms with E-state index in [4.69, 9.17) is 17.0 Å². The molecule has 3 aromatic carbocycles. The molecule has 0 aromatic heterocycles. The first kappa shape index (κ1) is 23.7. The Kier molecular flexibility index (Phi) is 6.58. The normalized spacial score (nSPS) is 16.4. The summed E-state index contributed by atoms with van der Waals surface area (Å²) in [6.07, 6.45) is 0. The lowest BCUT2D eigenvalue weighted by atomic mass is 9.95. The Morgan fingerprint density at radius 1 is 1.09 bits per heavy atom. The van der Waals surface area contributed by atoms with Crippen molar-refractivity contribution in [3.05, 3.63) is 83.6 Å². The number of sulfonamides is 1. The zero-order valence-electron chi connectivity index (χ0n) is 19.0. The number of esters is 1. The predicted octanol–water partition coefficient (Wildman–Crippen LogP) is 4.34. The van der Waals surface area contributed by atoms with E-state index in [1.165, 1.54) is 7.11 Å². The van der Waals surface area contributed by atoms with Crippen LogP contribution in [0.1, 0.15) is 25.5 Å². The minimum absolute atomic E-state index is 0.208. The summed E-state index contributed by atoms with van der Waals surface area (Å²) >= 11 is 5.48. The van der Waals surface area contributed by atoms with E-state index in [-0.39, 0.29) is 4.90 Å². The molecule has 1 atom stereocenters. The largest absolute Gasteiger partial charge is 0.466 e. The van der Waals surface area contributed by atoms with Gasteiger partial charge in [0.25, 0.3) is 10.0 Å². The van der Waals surface area contributed by atoms with Gasteiger partial charge >= 0.3 is 5.97 Å². The predicted molar refractivity (Wildman–Crippen MR) is 137 cm³/mol. The van der Waals surface area contributed by atoms with Gasteiger partial charge < -0.3 is 15.0 Å². The van der Waals surface area contributed by atoms with Gasteiger partial charge in [0.2, 0.25) is 0 Å². The molecule has 0 saturated heterocycles. The van der Waals surface area contributed by atoms with E-state index in [0.717, 1.165) is 16.6 Å². The molecular formula is C25H25N3O4S2. The van der Waals surface area contributed by atoms with Gasteiger partial charge in [0.05, 0.1) is 23.6 Å². The number of benzene rings is 3. The first-order chi connectivity index (χ1) is 16.3. The van der Waals surface area contributed by atoms with Gasteiger partial charge in [-0.3, -0.25) is 4.72 Å². The number of carbonyl (C=O) groups is 1. The lowest BCUT2D eigenvalue weighted by Crippen LogP contribution is -2.47. The van der Waals surface area contributed by atoms with Crippen LogP contribution in [0.2, 0.25) is 0 Å². The summed E-state index contributed by atoms with van der Waals surface area (Å²) in [6.45, 7) is 4.39. The molecule has 34 heavy (non-hydrogen) atoms. The quantitative estimate of drug-likeness (QED) is 0.389. The van der Waals surface area contributed by atoms with Crippen molar-refractivity contribution in [3.8, 4) is 0 Å². The Morgan fingerprint density at radius 3 is 2.44 bits per heavy atom. The maximum Gasteiger partial charge on any atom is 0.337 e. The number of methoxy groups -OCH3 is 1. The molecule has 0 saturated carbocycles. The van der Waals surface area contributed by atoms with Crippen molar-refractivity contribution in [3.63, 3.8) is 0 Å². The van der Waals surface area contributed by atoms with Gasteiger partial charge in [0, 0.05) is 23.3 Å². The Balaban J connectivity index is 1.65. The number of rotatable bonds is 6. The van der Waals surface area contributed by atoms with Crippen LogP contribution in [0.25, 0.3) is 10.8 Å². The van der Waals surface area contributed by atoms with E-state index in [1.807, 2.05) is 43.0 Å². The molecule has 9 heteroatoms. The van der Waals surface area contributed by atoms with Gasteiger partial charge in [-0.25, -0.2) is 13.2 Å². The number of hydrogen-bond donors (Lipinski definition) is 2. The van der Waals surface area contributed by atoms with Crippen LogP contribution in [-0.2, 0) is 19.6 Å². The highest BCUT2D eigenvalue weighted by Gasteiger charge is 2.34. The second-order valence-corrected chi connectivity index (χ2v) is 9.86. The fraction of sp³-hybridized carbons (Fsp3) is 0.200. The minimum atomic E-state index is -3.81. The smallest absolute Gasteiger partial charge is 0.337 e. The van der Waals surface area contributed by atoms with Crippen molar-refractivity contribution >= 4 is 49.8 Å². The van der Waals surface area contributed by atoms with Gasteiger partial charge in [0.1, 0.15) is 0 Å². The lowest BCUT2D eigenvalue weighted by molar-refractivity contribution is -0.136. The zero-order valence-corrected chi connectivity index (χ0v) is 20.7. The van der Waals surface area contributed by atoms with Crippen molar-refractivity contribution < 1.29 is 17.9 Å². The number of nitrogens with one attached hydrogen (secondary N) is 2. The molecule has 0 aliphatic carbocycles. The van der Waals surface area contributed by atoms with Crippen molar-refractivity contribution in [1.82, 2.24) is 10.2 Å². The molecule has 0 spiro atoms. The number of hydrogen-bond acceptors (Lipinski definition) is 5. The third-order valence-corrected chi connectivity index (χ3v) is 7.63. The van der Waals surface area contributed by atoms with Crippen molar-refractivity contribution in [2.75, 3.05) is 18.4 Å². The number of allylic oxidation sites excluding steroid dienone is 1. The molecule has 0 amide bonds. The molecule has 2 N–H and O–H groups in total. The average Bonchev–Trinajstić information content (AvgIpc) is 2.83. The van der Waals surface area contributed by atoms with Crippen LogP contribution in [0.3, 0.4) is 0 Å². The van der Waals surface area contributed by atoms with E-state index in [1.54, 1.807) is 42.5 Å². The number of anilines is 1. The van der Waals surface area contributed by atoms with Crippen LogP contribution >= 0.6 is 12.2 Å². The fourth-order valence-corrected chi connectivity index (χ4v) is 5.84. The topological polar surface area (TPSA) is 87.7 Å². The molecule has 176 valence electrons. The molecule has 4 rings (SSSR count). The third kappa shape index (κ3) is 4.36. The Bertz CT molecular complexity index is 1390. The lowest BCUT2D eigenvalue weighted by Gasteiger charge is -2.36. The number of thiocarbonyl (C=S) groups is 1. The van der Waals surface area contributed by atoms with E-state index in [2.05, 4.69) is 10.0 Å². The summed E-state index contributed by atoms with van der Waals surface area (Å²) in [4.78, 5) is 14.6. The van der Waals surface area contributed by atoms with Crippen molar-refractivity contribution in [1.29, 1.82) is 0 Å². The Morgan fingerprint density at radius 2 is 1.76 bits per heavy atom. The van der Waals surface area contributed by atoms with Crippen LogP contribution < -0.4 is 10.0 Å². The monoisotopic (exact) mass is 495 g/mol. The second kappa shape index (κ2) is 9.44. The van der Waals surface area contributed by atoms with E-state index >= 15 is 0 Å². The summed E-state index contributed by atoms with van der Waals surface area (Å²) in [5.41, 5.74) is 2.35. The van der Waals surface area contributed by atoms with Gasteiger partial charge in [-0.05, 0) is 55.2 Å². The summed E-state index contributed by atoms with van der Waals surface area (Å²) in [5.74, 6) is -0.448. The summed E-state index contributed by atoms with van der Waals surface area (Å²) in [5, 5.41) is 5.21. The molecule has 1 aliphatic rings. The van der Waals surface area contributed by atoms with Crippen LogP contribution in [-0.4, -0.2) is 38.1 Å². The van der Waals surface area contributed by atoms with Crippen LogP contribution in [0.4, 0.5) is 5.69 Å². The molecule has 0 fully saturated rings. The second-order valence-electron chi connectivity index (χ2n) is 7.82. The standard InChI is InChI=1S/C25H25N3O4S2/c1-4-28-16(2)22(24(29)32-3)23(26-25(28)33)18-12-14-19(15-13-18)27-34(30,31)21-11-7-9-17-8-5-6-10-20(17)21/h5-15,23,27H,4H2,1-3H3,(H,26,33)/t23-/m0/s1. The van der Waals surface area contributed by atoms with Gasteiger partial charge in [-0.2, -0.15) is 0 Å². The SMILES string of the molecule is CCN1C(=S)N[C@@H](c2ccc(NS(=O)(=O)c3cccc4ccccc34)cc2)C(C(=O)OC)=C1C. The van der Waals surface area contributed by atoms with Crippen LogP contribution in [0.5, 0.6) is 0 Å². The summed E-state index contributed by atoms with van der Waals surface area (Å²) < 4.78 is 33.9.